The van der Waals surface area contributed by atoms with E-state index in [-0.39, 0.29) is 5.54 Å². The maximum Gasteiger partial charge on any atom is 0.213 e. The highest BCUT2D eigenvalue weighted by atomic mass is 16.5. The zero-order chi connectivity index (χ0) is 12.2. The molecule has 0 unspecified atom stereocenters. The number of aromatic nitrogens is 1. The summed E-state index contributed by atoms with van der Waals surface area (Å²) in [4.78, 5) is 4.36. The van der Waals surface area contributed by atoms with E-state index in [1.165, 1.54) is 5.56 Å². The van der Waals surface area contributed by atoms with Crippen molar-refractivity contribution in [2.75, 3.05) is 7.11 Å². The molecule has 0 radical (unpaired) electrons. The molecule has 3 nitrogen and oxygen atoms in total. The summed E-state index contributed by atoms with van der Waals surface area (Å²) in [5.74, 6) is 0.699. The summed E-state index contributed by atoms with van der Waals surface area (Å²) < 4.78 is 5.19. The van der Waals surface area contributed by atoms with Crippen LogP contribution >= 0.6 is 0 Å². The molecule has 0 spiro atoms. The molecule has 90 valence electrons. The molecule has 0 aliphatic heterocycles. The van der Waals surface area contributed by atoms with Crippen molar-refractivity contribution < 1.29 is 4.74 Å². The Morgan fingerprint density at radius 2 is 2.00 bits per heavy atom. The number of nitrogens with one attached hydrogen (secondary N) is 1. The lowest BCUT2D eigenvalue weighted by Crippen LogP contribution is -2.35. The fourth-order valence-electron chi connectivity index (χ4n) is 1.38. The lowest BCUT2D eigenvalue weighted by atomic mass is 10.1. The highest BCUT2D eigenvalue weighted by Gasteiger charge is 2.09. The van der Waals surface area contributed by atoms with Crippen molar-refractivity contribution in [2.45, 2.75) is 46.2 Å². The van der Waals surface area contributed by atoms with Gasteiger partial charge in [-0.2, -0.15) is 0 Å². The summed E-state index contributed by atoms with van der Waals surface area (Å²) in [6.07, 6.45) is 0.930. The van der Waals surface area contributed by atoms with Gasteiger partial charge in [0, 0.05) is 23.8 Å². The van der Waals surface area contributed by atoms with E-state index in [0.29, 0.717) is 5.88 Å². The molecule has 16 heavy (non-hydrogen) atoms. The average molecular weight is 222 g/mol. The molecule has 1 N–H and O–H groups in total. The van der Waals surface area contributed by atoms with Crippen LogP contribution in [-0.2, 0) is 13.0 Å². The van der Waals surface area contributed by atoms with Gasteiger partial charge in [0.15, 0.2) is 0 Å². The Morgan fingerprint density at radius 3 is 2.50 bits per heavy atom. The van der Waals surface area contributed by atoms with Gasteiger partial charge in [0.1, 0.15) is 0 Å². The van der Waals surface area contributed by atoms with Crippen LogP contribution in [0, 0.1) is 0 Å². The minimum atomic E-state index is 0.128. The summed E-state index contributed by atoms with van der Waals surface area (Å²) in [5.41, 5.74) is 2.42. The molecule has 1 aromatic rings. The lowest BCUT2D eigenvalue weighted by molar-refractivity contribution is 0.393. The van der Waals surface area contributed by atoms with Crippen molar-refractivity contribution in [3.8, 4) is 5.88 Å². The maximum absolute atomic E-state index is 5.19. The van der Waals surface area contributed by atoms with Crippen molar-refractivity contribution >= 4 is 0 Å². The normalized spacial score (nSPS) is 11.6. The Kier molecular flexibility index (Phi) is 4.30. The number of ether oxygens (including phenoxy) is 1. The number of aryl methyl sites for hydroxylation is 1. The zero-order valence-electron chi connectivity index (χ0n) is 10.9. The molecule has 0 saturated carbocycles. The Hall–Kier alpha value is -1.09. The fraction of sp³-hybridized carbons (Fsp3) is 0.615. The predicted molar refractivity (Wildman–Crippen MR) is 66.8 cm³/mol. The monoisotopic (exact) mass is 222 g/mol. The molecule has 0 saturated heterocycles. The van der Waals surface area contributed by atoms with Gasteiger partial charge in [-0.1, -0.05) is 6.92 Å². The van der Waals surface area contributed by atoms with Gasteiger partial charge in [0.05, 0.1) is 7.11 Å². The van der Waals surface area contributed by atoms with Crippen molar-refractivity contribution in [1.82, 2.24) is 10.3 Å². The molecule has 0 fully saturated rings. The Balaban J connectivity index is 2.79. The van der Waals surface area contributed by atoms with E-state index >= 15 is 0 Å². The van der Waals surface area contributed by atoms with Gasteiger partial charge in [0.25, 0.3) is 0 Å². The van der Waals surface area contributed by atoms with Gasteiger partial charge in [-0.05, 0) is 38.8 Å². The van der Waals surface area contributed by atoms with E-state index in [2.05, 4.69) is 44.1 Å². The number of hydrogen-bond acceptors (Lipinski definition) is 3. The second-order valence-electron chi connectivity index (χ2n) is 4.97. The first-order valence-corrected chi connectivity index (χ1v) is 5.73. The first-order chi connectivity index (χ1) is 7.44. The van der Waals surface area contributed by atoms with Crippen LogP contribution in [0.2, 0.25) is 0 Å². The Bertz CT molecular complexity index is 320. The molecule has 1 rings (SSSR count). The number of pyridine rings is 1. The summed E-state index contributed by atoms with van der Waals surface area (Å²) >= 11 is 0. The van der Waals surface area contributed by atoms with Gasteiger partial charge in [-0.3, -0.25) is 0 Å². The van der Waals surface area contributed by atoms with E-state index in [0.717, 1.165) is 18.7 Å². The molecule has 0 aromatic carbocycles. The minimum absolute atomic E-state index is 0.128. The Labute approximate surface area is 98.2 Å². The Morgan fingerprint density at radius 1 is 1.31 bits per heavy atom. The molecule has 0 atom stereocenters. The first-order valence-electron chi connectivity index (χ1n) is 5.73. The molecule has 0 aliphatic carbocycles. The van der Waals surface area contributed by atoms with Crippen molar-refractivity contribution in [2.24, 2.45) is 0 Å². The summed E-state index contributed by atoms with van der Waals surface area (Å²) in [6.45, 7) is 9.42. The smallest absolute Gasteiger partial charge is 0.213 e. The number of methoxy groups -OCH3 is 1. The van der Waals surface area contributed by atoms with Gasteiger partial charge in [-0.15, -0.1) is 0 Å². The SMILES string of the molecule is CCc1cc(CNC(C)(C)C)cc(OC)n1. The van der Waals surface area contributed by atoms with E-state index in [4.69, 9.17) is 4.74 Å². The van der Waals surface area contributed by atoms with E-state index in [1.807, 2.05) is 6.07 Å². The van der Waals surface area contributed by atoms with Crippen LogP contribution in [0.15, 0.2) is 12.1 Å². The fourth-order valence-corrected chi connectivity index (χ4v) is 1.38. The predicted octanol–water partition coefficient (Wildman–Crippen LogP) is 2.54. The molecular formula is C13H22N2O. The lowest BCUT2D eigenvalue weighted by Gasteiger charge is -2.20. The highest BCUT2D eigenvalue weighted by molar-refractivity contribution is 5.25. The number of nitrogens with zero attached hydrogens (tertiary/aromatic N) is 1. The van der Waals surface area contributed by atoms with Crippen LogP contribution in [0.25, 0.3) is 0 Å². The van der Waals surface area contributed by atoms with Crippen LogP contribution < -0.4 is 10.1 Å². The number of rotatable bonds is 4. The van der Waals surface area contributed by atoms with E-state index in [1.54, 1.807) is 7.11 Å². The van der Waals surface area contributed by atoms with Gasteiger partial charge in [-0.25, -0.2) is 4.98 Å². The van der Waals surface area contributed by atoms with Crippen LogP contribution in [0.5, 0.6) is 5.88 Å². The summed E-state index contributed by atoms with van der Waals surface area (Å²) in [5, 5.41) is 3.46. The molecule has 1 heterocycles. The van der Waals surface area contributed by atoms with E-state index in [9.17, 15) is 0 Å². The maximum atomic E-state index is 5.19. The third kappa shape index (κ3) is 4.19. The highest BCUT2D eigenvalue weighted by Crippen LogP contribution is 2.13. The standard InChI is InChI=1S/C13H22N2O/c1-6-11-7-10(8-12(15-11)16-5)9-14-13(2,3)4/h7-8,14H,6,9H2,1-5H3. The largest absolute Gasteiger partial charge is 0.481 e. The second-order valence-corrected chi connectivity index (χ2v) is 4.97. The van der Waals surface area contributed by atoms with Crippen LogP contribution in [-0.4, -0.2) is 17.6 Å². The van der Waals surface area contributed by atoms with Gasteiger partial charge < -0.3 is 10.1 Å². The third-order valence-corrected chi connectivity index (χ3v) is 2.31. The molecule has 0 bridgehead atoms. The van der Waals surface area contributed by atoms with E-state index < -0.39 is 0 Å². The quantitative estimate of drug-likeness (QED) is 0.850. The molecule has 0 aliphatic rings. The van der Waals surface area contributed by atoms with Gasteiger partial charge in [0.2, 0.25) is 5.88 Å². The van der Waals surface area contributed by atoms with Crippen LogP contribution in [0.1, 0.15) is 39.0 Å². The van der Waals surface area contributed by atoms with Crippen LogP contribution in [0.3, 0.4) is 0 Å². The topological polar surface area (TPSA) is 34.1 Å². The summed E-state index contributed by atoms with van der Waals surface area (Å²) in [6, 6.07) is 4.11. The average Bonchev–Trinajstić information content (AvgIpc) is 2.25. The third-order valence-electron chi connectivity index (χ3n) is 2.31. The van der Waals surface area contributed by atoms with Crippen molar-refractivity contribution in [1.29, 1.82) is 0 Å². The van der Waals surface area contributed by atoms with Crippen molar-refractivity contribution in [3.63, 3.8) is 0 Å². The van der Waals surface area contributed by atoms with Crippen LogP contribution in [0.4, 0.5) is 0 Å². The zero-order valence-corrected chi connectivity index (χ0v) is 10.9. The summed E-state index contributed by atoms with van der Waals surface area (Å²) in [7, 11) is 1.66. The molecule has 1 aromatic heterocycles. The molecular weight excluding hydrogens is 200 g/mol. The second kappa shape index (κ2) is 5.30. The molecule has 3 heteroatoms. The first kappa shape index (κ1) is 13.0. The van der Waals surface area contributed by atoms with Gasteiger partial charge >= 0.3 is 0 Å². The minimum Gasteiger partial charge on any atom is -0.481 e. The van der Waals surface area contributed by atoms with Crippen molar-refractivity contribution in [3.05, 3.63) is 23.4 Å². The molecule has 0 amide bonds. The number of hydrogen-bond donors (Lipinski definition) is 1.